The molecule has 0 saturated heterocycles. The Bertz CT molecular complexity index is 1130. The fourth-order valence-corrected chi connectivity index (χ4v) is 3.89. The second kappa shape index (κ2) is 11.4. The fraction of sp³-hybridized carbons (Fsp3) is 0.280. The summed E-state index contributed by atoms with van der Waals surface area (Å²) in [4.78, 5) is 25.9. The van der Waals surface area contributed by atoms with Gasteiger partial charge >= 0.3 is 12.1 Å². The van der Waals surface area contributed by atoms with Gasteiger partial charge in [-0.3, -0.25) is 4.98 Å². The first kappa shape index (κ1) is 24.1. The van der Waals surface area contributed by atoms with Crippen LogP contribution >= 0.6 is 0 Å². The minimum atomic E-state index is -0.740. The standard InChI is InChI=1S/C25H26N2O8/c28-22-13-21(24(30)27-22)35-23(29)15-33-12-11-32-10-9-26-25(31)34-14-20-18-7-3-1-5-16(18)17-6-2-4-8-19(17)20/h1-8,13,20,27-28,30H,9-12,14-15H2,(H,26,31). The highest BCUT2D eigenvalue weighted by Crippen LogP contribution is 2.44. The van der Waals surface area contributed by atoms with Crippen molar-refractivity contribution in [3.8, 4) is 28.6 Å². The SMILES string of the molecule is O=C(COCCOCCNC(=O)OCC1c2ccccc2-c2ccccc21)Oc1cc(O)[nH]c1O. The third kappa shape index (κ3) is 6.11. The molecule has 10 heteroatoms. The van der Waals surface area contributed by atoms with Crippen LogP contribution < -0.4 is 10.1 Å². The second-order valence-electron chi connectivity index (χ2n) is 7.76. The lowest BCUT2D eigenvalue weighted by molar-refractivity contribution is -0.140. The van der Waals surface area contributed by atoms with Crippen molar-refractivity contribution < 1.29 is 38.7 Å². The van der Waals surface area contributed by atoms with Crippen LogP contribution in [0.25, 0.3) is 11.1 Å². The van der Waals surface area contributed by atoms with Gasteiger partial charge < -0.3 is 34.5 Å². The number of hydrogen-bond acceptors (Lipinski definition) is 8. The molecule has 1 heterocycles. The maximum atomic E-state index is 12.1. The van der Waals surface area contributed by atoms with Crippen LogP contribution in [-0.2, 0) is 19.0 Å². The van der Waals surface area contributed by atoms with Crippen molar-refractivity contribution in [2.45, 2.75) is 5.92 Å². The predicted molar refractivity (Wildman–Crippen MR) is 124 cm³/mol. The van der Waals surface area contributed by atoms with Gasteiger partial charge in [0.1, 0.15) is 13.2 Å². The molecule has 0 atom stereocenters. The Balaban J connectivity index is 1.07. The lowest BCUT2D eigenvalue weighted by atomic mass is 9.98. The van der Waals surface area contributed by atoms with Crippen molar-refractivity contribution in [3.05, 3.63) is 65.7 Å². The van der Waals surface area contributed by atoms with Crippen molar-refractivity contribution in [2.24, 2.45) is 0 Å². The molecular weight excluding hydrogens is 456 g/mol. The monoisotopic (exact) mass is 482 g/mol. The third-order valence-corrected chi connectivity index (χ3v) is 5.42. The fourth-order valence-electron chi connectivity index (χ4n) is 3.89. The number of carbonyl (C=O) groups is 2. The number of H-pyrrole nitrogens is 1. The molecule has 0 radical (unpaired) electrons. The highest BCUT2D eigenvalue weighted by Gasteiger charge is 2.28. The van der Waals surface area contributed by atoms with Gasteiger partial charge in [-0.05, 0) is 22.3 Å². The molecule has 3 aromatic rings. The summed E-state index contributed by atoms with van der Waals surface area (Å²) in [5.74, 6) is -1.71. The molecule has 4 rings (SSSR count). The summed E-state index contributed by atoms with van der Waals surface area (Å²) in [5, 5.41) is 21.2. The zero-order chi connectivity index (χ0) is 24.6. The molecule has 35 heavy (non-hydrogen) atoms. The molecular formula is C25H26N2O8. The van der Waals surface area contributed by atoms with Crippen molar-refractivity contribution in [1.29, 1.82) is 0 Å². The highest BCUT2D eigenvalue weighted by molar-refractivity contribution is 5.79. The molecule has 2 aromatic carbocycles. The molecule has 1 aliphatic rings. The molecule has 1 aliphatic carbocycles. The zero-order valence-corrected chi connectivity index (χ0v) is 18.9. The Morgan fingerprint density at radius 3 is 2.23 bits per heavy atom. The molecule has 10 nitrogen and oxygen atoms in total. The van der Waals surface area contributed by atoms with Crippen LogP contribution in [0.15, 0.2) is 54.6 Å². The van der Waals surface area contributed by atoms with Crippen LogP contribution in [0, 0.1) is 0 Å². The Morgan fingerprint density at radius 2 is 1.57 bits per heavy atom. The molecule has 1 aromatic heterocycles. The van der Waals surface area contributed by atoms with E-state index in [0.717, 1.165) is 17.2 Å². The molecule has 0 saturated carbocycles. The highest BCUT2D eigenvalue weighted by atomic mass is 16.6. The van der Waals surface area contributed by atoms with E-state index in [4.69, 9.17) is 24.1 Å². The summed E-state index contributed by atoms with van der Waals surface area (Å²) >= 11 is 0. The van der Waals surface area contributed by atoms with Gasteiger partial charge in [-0.15, -0.1) is 0 Å². The van der Waals surface area contributed by atoms with E-state index in [1.807, 2.05) is 24.3 Å². The van der Waals surface area contributed by atoms with E-state index in [9.17, 15) is 14.7 Å². The second-order valence-corrected chi connectivity index (χ2v) is 7.76. The number of aromatic hydroxyl groups is 2. The average Bonchev–Trinajstić information content (AvgIpc) is 3.34. The first-order chi connectivity index (χ1) is 17.0. The van der Waals surface area contributed by atoms with Crippen LogP contribution in [0.4, 0.5) is 4.79 Å². The number of benzene rings is 2. The third-order valence-electron chi connectivity index (χ3n) is 5.42. The van der Waals surface area contributed by atoms with Gasteiger partial charge in [0, 0.05) is 18.5 Å². The van der Waals surface area contributed by atoms with Crippen LogP contribution in [-0.4, -0.2) is 66.8 Å². The maximum Gasteiger partial charge on any atom is 0.407 e. The summed E-state index contributed by atoms with van der Waals surface area (Å²) in [7, 11) is 0. The number of carbonyl (C=O) groups excluding carboxylic acids is 2. The van der Waals surface area contributed by atoms with Crippen molar-refractivity contribution >= 4 is 12.1 Å². The van der Waals surface area contributed by atoms with E-state index < -0.39 is 17.9 Å². The van der Waals surface area contributed by atoms with Crippen molar-refractivity contribution in [1.82, 2.24) is 10.3 Å². The summed E-state index contributed by atoms with van der Waals surface area (Å²) in [6, 6.07) is 17.3. The molecule has 184 valence electrons. The van der Waals surface area contributed by atoms with Gasteiger partial charge in [-0.25, -0.2) is 9.59 Å². The zero-order valence-electron chi connectivity index (χ0n) is 18.9. The molecule has 0 bridgehead atoms. The first-order valence-electron chi connectivity index (χ1n) is 11.1. The number of amides is 1. The summed E-state index contributed by atoms with van der Waals surface area (Å²) in [6.07, 6.45) is -0.520. The number of fused-ring (bicyclic) bond motifs is 3. The molecule has 0 spiro atoms. The number of rotatable bonds is 11. The topological polar surface area (TPSA) is 139 Å². The number of esters is 1. The minimum Gasteiger partial charge on any atom is -0.494 e. The Morgan fingerprint density at radius 1 is 0.914 bits per heavy atom. The van der Waals surface area contributed by atoms with Gasteiger partial charge in [-0.2, -0.15) is 0 Å². The van der Waals surface area contributed by atoms with Crippen LogP contribution in [0.1, 0.15) is 17.0 Å². The Hall–Kier alpha value is -4.02. The largest absolute Gasteiger partial charge is 0.494 e. The summed E-state index contributed by atoms with van der Waals surface area (Å²) in [5.41, 5.74) is 4.64. The van der Waals surface area contributed by atoms with E-state index >= 15 is 0 Å². The quantitative estimate of drug-likeness (QED) is 0.242. The maximum absolute atomic E-state index is 12.1. The van der Waals surface area contributed by atoms with Crippen molar-refractivity contribution in [3.63, 3.8) is 0 Å². The van der Waals surface area contributed by atoms with Crippen LogP contribution in [0.3, 0.4) is 0 Å². The van der Waals surface area contributed by atoms with E-state index in [1.165, 1.54) is 11.1 Å². The van der Waals surface area contributed by atoms with Gasteiger partial charge in [0.05, 0.1) is 19.8 Å². The van der Waals surface area contributed by atoms with E-state index in [-0.39, 0.29) is 57.1 Å². The molecule has 0 aliphatic heterocycles. The Labute approximate surface area is 201 Å². The minimum absolute atomic E-state index is 0.000130. The molecule has 4 N–H and O–H groups in total. The lowest BCUT2D eigenvalue weighted by Gasteiger charge is -2.14. The van der Waals surface area contributed by atoms with Gasteiger partial charge in [-0.1, -0.05) is 48.5 Å². The molecule has 0 fully saturated rings. The molecule has 1 amide bonds. The normalized spacial score (nSPS) is 12.1. The predicted octanol–water partition coefficient (Wildman–Crippen LogP) is 2.90. The van der Waals surface area contributed by atoms with Gasteiger partial charge in [0.15, 0.2) is 11.6 Å². The van der Waals surface area contributed by atoms with E-state index in [1.54, 1.807) is 0 Å². The summed E-state index contributed by atoms with van der Waals surface area (Å²) < 4.78 is 20.8. The smallest absolute Gasteiger partial charge is 0.407 e. The molecule has 0 unspecified atom stereocenters. The number of hydrogen-bond donors (Lipinski definition) is 4. The van der Waals surface area contributed by atoms with Gasteiger partial charge in [0.2, 0.25) is 5.88 Å². The Kier molecular flexibility index (Phi) is 7.86. The number of aromatic nitrogens is 1. The van der Waals surface area contributed by atoms with Crippen molar-refractivity contribution in [2.75, 3.05) is 39.6 Å². The first-order valence-corrected chi connectivity index (χ1v) is 11.1. The van der Waals surface area contributed by atoms with Crippen LogP contribution in [0.2, 0.25) is 0 Å². The summed E-state index contributed by atoms with van der Waals surface area (Å²) in [6.45, 7) is 0.723. The number of nitrogens with one attached hydrogen (secondary N) is 2. The van der Waals surface area contributed by atoms with E-state index in [2.05, 4.69) is 34.6 Å². The number of alkyl carbamates (subject to hydrolysis) is 1. The number of aromatic amines is 1. The van der Waals surface area contributed by atoms with Gasteiger partial charge in [0.25, 0.3) is 0 Å². The number of ether oxygens (including phenoxy) is 4. The average molecular weight is 482 g/mol. The van der Waals surface area contributed by atoms with E-state index in [0.29, 0.717) is 0 Å². The lowest BCUT2D eigenvalue weighted by Crippen LogP contribution is -2.29. The van der Waals surface area contributed by atoms with Crippen LogP contribution in [0.5, 0.6) is 17.5 Å².